The van der Waals surface area contributed by atoms with Crippen molar-refractivity contribution in [1.29, 1.82) is 0 Å². The van der Waals surface area contributed by atoms with Gasteiger partial charge in [-0.05, 0) is 31.0 Å². The number of halogens is 3. The third-order valence-corrected chi connectivity index (χ3v) is 5.65. The molecule has 8 nitrogen and oxygen atoms in total. The highest BCUT2D eigenvalue weighted by Gasteiger charge is 2.51. The molecule has 0 radical (unpaired) electrons. The third kappa shape index (κ3) is 3.40. The van der Waals surface area contributed by atoms with Crippen molar-refractivity contribution in [3.63, 3.8) is 0 Å². The molecule has 0 bridgehead atoms. The molecule has 0 saturated carbocycles. The maximum absolute atomic E-state index is 12.6. The van der Waals surface area contributed by atoms with Gasteiger partial charge < -0.3 is 9.47 Å². The lowest BCUT2D eigenvalue weighted by Gasteiger charge is -2.26. The van der Waals surface area contributed by atoms with Gasteiger partial charge in [0, 0.05) is 17.4 Å². The molecule has 0 aromatic heterocycles. The van der Waals surface area contributed by atoms with E-state index in [0.717, 1.165) is 12.8 Å². The van der Waals surface area contributed by atoms with Crippen molar-refractivity contribution >= 4 is 32.7 Å². The zero-order valence-electron chi connectivity index (χ0n) is 15.1. The van der Waals surface area contributed by atoms with Gasteiger partial charge >= 0.3 is 15.6 Å². The number of hydroxylamine groups is 2. The number of amides is 2. The minimum atomic E-state index is -6.22. The minimum absolute atomic E-state index is 0.0875. The van der Waals surface area contributed by atoms with Crippen LogP contribution in [0.15, 0.2) is 30.3 Å². The van der Waals surface area contributed by atoms with Crippen molar-refractivity contribution < 1.29 is 44.9 Å². The number of imide groups is 1. The van der Waals surface area contributed by atoms with E-state index in [1.165, 1.54) is 24.3 Å². The first-order valence-corrected chi connectivity index (χ1v) is 10.2. The molecule has 1 fully saturated rings. The molecule has 2 amide bonds. The van der Waals surface area contributed by atoms with Gasteiger partial charge in [-0.1, -0.05) is 12.1 Å². The Labute approximate surface area is 168 Å². The minimum Gasteiger partial charge on any atom is -0.490 e. The van der Waals surface area contributed by atoms with E-state index in [1.807, 2.05) is 0 Å². The zero-order valence-corrected chi connectivity index (χ0v) is 16.0. The summed E-state index contributed by atoms with van der Waals surface area (Å²) in [5.41, 5.74) is -6.19. The van der Waals surface area contributed by atoms with Crippen LogP contribution in [0.25, 0.3) is 10.8 Å². The quantitative estimate of drug-likeness (QED) is 0.516. The van der Waals surface area contributed by atoms with E-state index in [0.29, 0.717) is 17.7 Å². The molecule has 2 aliphatic heterocycles. The van der Waals surface area contributed by atoms with Crippen molar-refractivity contribution in [3.8, 4) is 5.75 Å². The Morgan fingerprint density at radius 3 is 2.43 bits per heavy atom. The number of alkyl halides is 3. The molecule has 30 heavy (non-hydrogen) atoms. The molecular formula is C18H14F3NO7S. The second-order valence-corrected chi connectivity index (χ2v) is 8.18. The molecule has 2 aromatic rings. The van der Waals surface area contributed by atoms with Gasteiger partial charge in [0.1, 0.15) is 12.4 Å². The SMILES string of the molecule is O=C1c2cccc3c(OCC4CCCO4)ccc(c23)C(=O)N1OS(=O)(=O)C(F)(F)F. The van der Waals surface area contributed by atoms with Crippen LogP contribution in [0.3, 0.4) is 0 Å². The highest BCUT2D eigenvalue weighted by Crippen LogP contribution is 2.37. The fourth-order valence-electron chi connectivity index (χ4n) is 3.34. The molecule has 1 saturated heterocycles. The number of hydrogen-bond acceptors (Lipinski definition) is 7. The molecule has 2 heterocycles. The van der Waals surface area contributed by atoms with Crippen LogP contribution in [0.2, 0.25) is 0 Å². The Bertz CT molecular complexity index is 1120. The first-order chi connectivity index (χ1) is 14.1. The van der Waals surface area contributed by atoms with Gasteiger partial charge in [-0.15, -0.1) is 9.35 Å². The molecule has 0 N–H and O–H groups in total. The average molecular weight is 445 g/mol. The summed E-state index contributed by atoms with van der Waals surface area (Å²) in [6.45, 7) is 0.886. The summed E-state index contributed by atoms with van der Waals surface area (Å²) in [6, 6.07) is 6.92. The normalized spacial score (nSPS) is 19.6. The molecule has 160 valence electrons. The van der Waals surface area contributed by atoms with Crippen LogP contribution < -0.4 is 4.74 Å². The Morgan fingerprint density at radius 2 is 1.80 bits per heavy atom. The van der Waals surface area contributed by atoms with E-state index < -0.39 is 32.5 Å². The van der Waals surface area contributed by atoms with Crippen LogP contribution in [-0.4, -0.2) is 50.1 Å². The summed E-state index contributed by atoms with van der Waals surface area (Å²) < 4.78 is 75.6. The van der Waals surface area contributed by atoms with Crippen molar-refractivity contribution in [2.24, 2.45) is 0 Å². The lowest BCUT2D eigenvalue weighted by Crippen LogP contribution is -2.44. The largest absolute Gasteiger partial charge is 0.525 e. The molecule has 4 rings (SSSR count). The van der Waals surface area contributed by atoms with Crippen LogP contribution in [0.5, 0.6) is 5.75 Å². The summed E-state index contributed by atoms with van der Waals surface area (Å²) >= 11 is 0. The van der Waals surface area contributed by atoms with Crippen LogP contribution in [0.1, 0.15) is 33.6 Å². The fourth-order valence-corrected chi connectivity index (χ4v) is 3.76. The number of rotatable bonds is 5. The van der Waals surface area contributed by atoms with Gasteiger partial charge in [0.2, 0.25) is 0 Å². The molecule has 0 aliphatic carbocycles. The van der Waals surface area contributed by atoms with E-state index in [4.69, 9.17) is 9.47 Å². The number of benzene rings is 2. The van der Waals surface area contributed by atoms with E-state index in [9.17, 15) is 31.2 Å². The Balaban J connectivity index is 1.71. The Morgan fingerprint density at radius 1 is 1.10 bits per heavy atom. The van der Waals surface area contributed by atoms with Crippen LogP contribution in [0, 0.1) is 0 Å². The Kier molecular flexibility index (Phi) is 4.95. The molecule has 1 unspecified atom stereocenters. The highest BCUT2D eigenvalue weighted by atomic mass is 32.2. The lowest BCUT2D eigenvalue weighted by molar-refractivity contribution is -0.0761. The summed E-state index contributed by atoms with van der Waals surface area (Å²) in [5.74, 6) is -2.31. The van der Waals surface area contributed by atoms with Gasteiger partial charge in [0.15, 0.2) is 0 Å². The molecule has 2 aliphatic rings. The number of ether oxygens (including phenoxy) is 2. The third-order valence-electron chi connectivity index (χ3n) is 4.74. The Hall–Kier alpha value is -2.70. The maximum Gasteiger partial charge on any atom is 0.525 e. The number of nitrogens with zero attached hydrogens (tertiary/aromatic N) is 1. The van der Waals surface area contributed by atoms with Crippen LogP contribution >= 0.6 is 0 Å². The van der Waals surface area contributed by atoms with E-state index in [1.54, 1.807) is 6.07 Å². The molecule has 2 aromatic carbocycles. The summed E-state index contributed by atoms with van der Waals surface area (Å²) in [5, 5.41) is 0.122. The molecule has 0 spiro atoms. The van der Waals surface area contributed by atoms with Crippen LogP contribution in [0.4, 0.5) is 13.2 Å². The van der Waals surface area contributed by atoms with E-state index in [2.05, 4.69) is 4.28 Å². The lowest BCUT2D eigenvalue weighted by atomic mass is 9.94. The summed E-state index contributed by atoms with van der Waals surface area (Å²) in [4.78, 5) is 25.2. The first kappa shape index (κ1) is 20.6. The highest BCUT2D eigenvalue weighted by molar-refractivity contribution is 7.87. The van der Waals surface area contributed by atoms with Crippen LogP contribution in [-0.2, 0) is 19.1 Å². The van der Waals surface area contributed by atoms with Crippen molar-refractivity contribution in [3.05, 3.63) is 41.5 Å². The van der Waals surface area contributed by atoms with Gasteiger partial charge in [0.05, 0.1) is 17.2 Å². The monoisotopic (exact) mass is 445 g/mol. The van der Waals surface area contributed by atoms with E-state index in [-0.39, 0.29) is 29.2 Å². The van der Waals surface area contributed by atoms with Gasteiger partial charge in [-0.2, -0.15) is 21.6 Å². The summed E-state index contributed by atoms with van der Waals surface area (Å²) in [7, 11) is -6.22. The predicted molar refractivity (Wildman–Crippen MR) is 95.0 cm³/mol. The standard InChI is InChI=1S/C18H14F3NO7S/c19-18(20,21)30(25,26)29-22-16(23)12-5-1-4-11-14(28-9-10-3-2-8-27-10)7-6-13(15(11)12)17(22)24/h1,4-7,10H,2-3,8-9H2. The maximum atomic E-state index is 12.6. The number of hydrogen-bond donors (Lipinski definition) is 0. The second-order valence-electron chi connectivity index (χ2n) is 6.66. The molecular weight excluding hydrogens is 431 g/mol. The molecule has 1 atom stereocenters. The summed E-state index contributed by atoms with van der Waals surface area (Å²) in [6.07, 6.45) is 1.66. The average Bonchev–Trinajstić information content (AvgIpc) is 3.20. The van der Waals surface area contributed by atoms with Crippen molar-refractivity contribution in [2.45, 2.75) is 24.5 Å². The smallest absolute Gasteiger partial charge is 0.490 e. The van der Waals surface area contributed by atoms with Gasteiger partial charge in [0.25, 0.3) is 11.8 Å². The second kappa shape index (κ2) is 7.22. The zero-order chi connectivity index (χ0) is 21.7. The van der Waals surface area contributed by atoms with E-state index >= 15 is 0 Å². The van der Waals surface area contributed by atoms with Crippen molar-refractivity contribution in [1.82, 2.24) is 5.06 Å². The van der Waals surface area contributed by atoms with Crippen molar-refractivity contribution in [2.75, 3.05) is 13.2 Å². The number of carbonyl (C=O) groups is 2. The van der Waals surface area contributed by atoms with Gasteiger partial charge in [-0.3, -0.25) is 9.59 Å². The predicted octanol–water partition coefficient (Wildman–Crippen LogP) is 2.77. The molecule has 12 heteroatoms. The fraction of sp³-hybridized carbons (Fsp3) is 0.333. The first-order valence-electron chi connectivity index (χ1n) is 8.80. The topological polar surface area (TPSA) is 99.2 Å². The van der Waals surface area contributed by atoms with Gasteiger partial charge in [-0.25, -0.2) is 0 Å². The number of carbonyl (C=O) groups excluding carboxylic acids is 2.